The molecule has 2 aromatic rings. The zero-order valence-electron chi connectivity index (χ0n) is 12.8. The Labute approximate surface area is 146 Å². The molecule has 0 radical (unpaired) electrons. The Kier molecular flexibility index (Phi) is 5.08. The van der Waals surface area contributed by atoms with Crippen LogP contribution in [0, 0.1) is 0 Å². The maximum atomic E-state index is 12.3. The number of hydrogen-bond acceptors (Lipinski definition) is 4. The van der Waals surface area contributed by atoms with E-state index in [2.05, 4.69) is 28.0 Å². The fourth-order valence-electron chi connectivity index (χ4n) is 2.70. The van der Waals surface area contributed by atoms with Crippen LogP contribution in [-0.2, 0) is 23.0 Å². The van der Waals surface area contributed by atoms with Gasteiger partial charge in [0, 0.05) is 35.6 Å². The number of benzene rings is 1. The third kappa shape index (κ3) is 3.95. The van der Waals surface area contributed by atoms with Gasteiger partial charge in [0.1, 0.15) is 0 Å². The summed E-state index contributed by atoms with van der Waals surface area (Å²) in [7, 11) is -3.49. The maximum absolute atomic E-state index is 12.3. The van der Waals surface area contributed by atoms with Crippen LogP contribution in [0.1, 0.15) is 17.4 Å². The van der Waals surface area contributed by atoms with Crippen molar-refractivity contribution < 1.29 is 8.42 Å². The van der Waals surface area contributed by atoms with Crippen LogP contribution in [0.2, 0.25) is 5.02 Å². The quantitative estimate of drug-likeness (QED) is 0.879. The number of fused-ring (bicyclic) bond motifs is 1. The molecule has 1 aliphatic rings. The first-order valence-corrected chi connectivity index (χ1v) is 10.2. The lowest BCUT2D eigenvalue weighted by atomic mass is 10.1. The molecule has 3 rings (SSSR count). The van der Waals surface area contributed by atoms with Gasteiger partial charge in [-0.05, 0) is 54.6 Å². The molecule has 0 aliphatic carbocycles. The van der Waals surface area contributed by atoms with Gasteiger partial charge in [0.25, 0.3) is 0 Å². The fourth-order valence-corrected chi connectivity index (χ4v) is 4.84. The van der Waals surface area contributed by atoms with E-state index >= 15 is 0 Å². The summed E-state index contributed by atoms with van der Waals surface area (Å²) in [4.78, 5) is 4.02. The van der Waals surface area contributed by atoms with Crippen molar-refractivity contribution in [3.8, 4) is 0 Å². The van der Waals surface area contributed by atoms with Gasteiger partial charge in [-0.15, -0.1) is 11.3 Å². The Hall–Kier alpha value is -0.920. The van der Waals surface area contributed by atoms with Crippen LogP contribution < -0.4 is 4.72 Å². The lowest BCUT2D eigenvalue weighted by molar-refractivity contribution is 0.193. The second-order valence-electron chi connectivity index (χ2n) is 5.74. The van der Waals surface area contributed by atoms with Crippen molar-refractivity contribution in [3.05, 3.63) is 51.2 Å². The minimum atomic E-state index is -3.49. The number of rotatable bonds is 5. The second-order valence-corrected chi connectivity index (χ2v) is 8.95. The predicted octanol–water partition coefficient (Wildman–Crippen LogP) is 3.13. The van der Waals surface area contributed by atoms with Gasteiger partial charge >= 0.3 is 0 Å². The van der Waals surface area contributed by atoms with Gasteiger partial charge in [-0.1, -0.05) is 11.6 Å². The number of sulfonamides is 1. The molecule has 7 heteroatoms. The number of thiophene rings is 1. The van der Waals surface area contributed by atoms with Gasteiger partial charge in [0.2, 0.25) is 10.0 Å². The average Bonchev–Trinajstić information content (AvgIpc) is 3.00. The standard InChI is InChI=1S/C16H19ClN2O2S2/c1-12(19-8-6-16-13(11-19)7-9-22-16)10-18-23(20,21)15-4-2-14(17)3-5-15/h2-5,7,9,12,18H,6,8,10-11H2,1H3/t12-/m1/s1. The summed E-state index contributed by atoms with van der Waals surface area (Å²) < 4.78 is 27.3. The van der Waals surface area contributed by atoms with Crippen LogP contribution in [0.4, 0.5) is 0 Å². The first kappa shape index (κ1) is 16.9. The van der Waals surface area contributed by atoms with Gasteiger partial charge in [-0.2, -0.15) is 0 Å². The van der Waals surface area contributed by atoms with Crippen LogP contribution in [0.15, 0.2) is 40.6 Å². The summed E-state index contributed by atoms with van der Waals surface area (Å²) in [5.74, 6) is 0. The molecule has 4 nitrogen and oxygen atoms in total. The number of nitrogens with one attached hydrogen (secondary N) is 1. The van der Waals surface area contributed by atoms with Crippen molar-refractivity contribution in [1.29, 1.82) is 0 Å². The van der Waals surface area contributed by atoms with E-state index in [-0.39, 0.29) is 10.9 Å². The summed E-state index contributed by atoms with van der Waals surface area (Å²) in [5, 5.41) is 2.65. The van der Waals surface area contributed by atoms with Crippen molar-refractivity contribution >= 4 is 33.0 Å². The van der Waals surface area contributed by atoms with E-state index in [9.17, 15) is 8.42 Å². The van der Waals surface area contributed by atoms with E-state index in [1.807, 2.05) is 0 Å². The van der Waals surface area contributed by atoms with E-state index in [4.69, 9.17) is 11.6 Å². The molecule has 1 atom stereocenters. The van der Waals surface area contributed by atoms with Crippen molar-refractivity contribution in [1.82, 2.24) is 9.62 Å². The molecule has 0 amide bonds. The van der Waals surface area contributed by atoms with Crippen LogP contribution in [0.3, 0.4) is 0 Å². The summed E-state index contributed by atoms with van der Waals surface area (Å²) in [6, 6.07) is 8.52. The van der Waals surface area contributed by atoms with E-state index in [1.54, 1.807) is 23.5 Å². The van der Waals surface area contributed by atoms with Crippen molar-refractivity contribution in [3.63, 3.8) is 0 Å². The molecule has 1 aromatic carbocycles. The molecule has 1 aliphatic heterocycles. The molecule has 1 N–H and O–H groups in total. The highest BCUT2D eigenvalue weighted by Crippen LogP contribution is 2.25. The zero-order chi connectivity index (χ0) is 16.4. The molecule has 0 saturated heterocycles. The van der Waals surface area contributed by atoms with Gasteiger partial charge in [-0.25, -0.2) is 13.1 Å². The van der Waals surface area contributed by atoms with Gasteiger partial charge in [0.15, 0.2) is 0 Å². The third-order valence-electron chi connectivity index (χ3n) is 4.15. The maximum Gasteiger partial charge on any atom is 0.240 e. The van der Waals surface area contributed by atoms with Crippen LogP contribution in [-0.4, -0.2) is 32.4 Å². The molecule has 0 fully saturated rings. The average molecular weight is 371 g/mol. The zero-order valence-corrected chi connectivity index (χ0v) is 15.2. The monoisotopic (exact) mass is 370 g/mol. The summed E-state index contributed by atoms with van der Waals surface area (Å²) in [6.07, 6.45) is 1.04. The number of hydrogen-bond donors (Lipinski definition) is 1. The summed E-state index contributed by atoms with van der Waals surface area (Å²) in [5.41, 5.74) is 1.37. The molecule has 0 unspecified atom stereocenters. The van der Waals surface area contributed by atoms with Gasteiger partial charge in [-0.3, -0.25) is 4.90 Å². The Morgan fingerprint density at radius 2 is 2.04 bits per heavy atom. The first-order valence-electron chi connectivity index (χ1n) is 7.50. The lowest BCUT2D eigenvalue weighted by Crippen LogP contribution is -2.44. The second kappa shape index (κ2) is 6.91. The highest BCUT2D eigenvalue weighted by molar-refractivity contribution is 7.89. The molecule has 2 heterocycles. The Morgan fingerprint density at radius 1 is 1.30 bits per heavy atom. The molecule has 0 spiro atoms. The van der Waals surface area contributed by atoms with Crippen LogP contribution >= 0.6 is 22.9 Å². The van der Waals surface area contributed by atoms with E-state index in [0.29, 0.717) is 11.6 Å². The van der Waals surface area contributed by atoms with Crippen molar-refractivity contribution in [2.24, 2.45) is 0 Å². The van der Waals surface area contributed by atoms with E-state index in [0.717, 1.165) is 19.5 Å². The first-order chi connectivity index (χ1) is 11.0. The minimum absolute atomic E-state index is 0.144. The largest absolute Gasteiger partial charge is 0.295 e. The molecule has 0 saturated carbocycles. The number of halogens is 1. The van der Waals surface area contributed by atoms with Crippen LogP contribution in [0.5, 0.6) is 0 Å². The van der Waals surface area contributed by atoms with Crippen LogP contribution in [0.25, 0.3) is 0 Å². The minimum Gasteiger partial charge on any atom is -0.295 e. The molecule has 0 bridgehead atoms. The van der Waals surface area contributed by atoms with Gasteiger partial charge in [0.05, 0.1) is 4.90 Å². The molecular weight excluding hydrogens is 352 g/mol. The third-order valence-corrected chi connectivity index (χ3v) is 6.87. The Morgan fingerprint density at radius 3 is 2.78 bits per heavy atom. The van der Waals surface area contributed by atoms with Crippen molar-refractivity contribution in [2.45, 2.75) is 30.8 Å². The molecular formula is C16H19ClN2O2S2. The highest BCUT2D eigenvalue weighted by atomic mass is 35.5. The topological polar surface area (TPSA) is 49.4 Å². The normalized spacial score (nSPS) is 17.0. The SMILES string of the molecule is C[C@H](CNS(=O)(=O)c1ccc(Cl)cc1)N1CCc2sccc2C1. The van der Waals surface area contributed by atoms with E-state index < -0.39 is 10.0 Å². The van der Waals surface area contributed by atoms with Crippen molar-refractivity contribution in [2.75, 3.05) is 13.1 Å². The highest BCUT2D eigenvalue weighted by Gasteiger charge is 2.23. The van der Waals surface area contributed by atoms with Gasteiger partial charge < -0.3 is 0 Å². The molecule has 1 aromatic heterocycles. The smallest absolute Gasteiger partial charge is 0.240 e. The molecule has 124 valence electrons. The lowest BCUT2D eigenvalue weighted by Gasteiger charge is -2.32. The summed E-state index contributed by atoms with van der Waals surface area (Å²) in [6.45, 7) is 4.31. The Bertz CT molecular complexity index is 772. The molecule has 23 heavy (non-hydrogen) atoms. The Balaban J connectivity index is 1.60. The number of nitrogens with zero attached hydrogens (tertiary/aromatic N) is 1. The summed E-state index contributed by atoms with van der Waals surface area (Å²) >= 11 is 7.61. The van der Waals surface area contributed by atoms with E-state index in [1.165, 1.54) is 22.6 Å². The fraction of sp³-hybridized carbons (Fsp3) is 0.375. The predicted molar refractivity (Wildman–Crippen MR) is 94.5 cm³/mol.